The van der Waals surface area contributed by atoms with Crippen LogP contribution < -0.4 is 9.64 Å². The third kappa shape index (κ3) is 5.08. The molecule has 1 N–H and O–H groups in total. The molecule has 3 heterocycles. The maximum Gasteiger partial charge on any atom is 0.335 e. The number of carboxylic acids is 1. The van der Waals surface area contributed by atoms with Crippen molar-refractivity contribution in [1.82, 2.24) is 9.47 Å². The molecule has 1 amide bonds. The Balaban J connectivity index is 0.00000308. The lowest BCUT2D eigenvalue weighted by molar-refractivity contribution is -0.133. The van der Waals surface area contributed by atoms with Gasteiger partial charge in [0, 0.05) is 48.7 Å². The maximum absolute atomic E-state index is 13.3. The molecule has 1 aromatic heterocycles. The molecule has 1 aliphatic carbocycles. The van der Waals surface area contributed by atoms with E-state index in [2.05, 4.69) is 15.5 Å². The number of carboxylic acid groups (broad SMARTS) is 1. The summed E-state index contributed by atoms with van der Waals surface area (Å²) in [4.78, 5) is 29.3. The number of benzene rings is 2. The van der Waals surface area contributed by atoms with Gasteiger partial charge in [0.2, 0.25) is 5.91 Å². The number of carbonyl (C=O) groups excluding carboxylic acids is 1. The van der Waals surface area contributed by atoms with Crippen molar-refractivity contribution in [2.45, 2.75) is 44.6 Å². The zero-order chi connectivity index (χ0) is 26.2. The second-order valence-electron chi connectivity index (χ2n) is 10.6. The monoisotopic (exact) mass is 553 g/mol. The summed E-state index contributed by atoms with van der Waals surface area (Å²) in [5.74, 6) is 0.358. The van der Waals surface area contributed by atoms with E-state index < -0.39 is 5.97 Å². The van der Waals surface area contributed by atoms with Crippen molar-refractivity contribution < 1.29 is 24.2 Å². The quantitative estimate of drug-likeness (QED) is 0.470. The average Bonchev–Trinajstić information content (AvgIpc) is 3.20. The number of halogens is 1. The Bertz CT molecular complexity index is 1370. The smallest absolute Gasteiger partial charge is 0.335 e. The lowest BCUT2D eigenvalue weighted by Gasteiger charge is -2.31. The number of amides is 1. The minimum atomic E-state index is -0.918. The van der Waals surface area contributed by atoms with Crippen LogP contribution in [0.5, 0.6) is 5.75 Å². The van der Waals surface area contributed by atoms with Crippen LogP contribution in [0.3, 0.4) is 0 Å². The van der Waals surface area contributed by atoms with Crippen LogP contribution in [0.1, 0.15) is 53.9 Å². The first-order chi connectivity index (χ1) is 18.5. The number of aromatic nitrogens is 1. The highest BCUT2D eigenvalue weighted by Gasteiger charge is 2.32. The number of methoxy groups -OCH3 is 1. The molecule has 6 rings (SSSR count). The summed E-state index contributed by atoms with van der Waals surface area (Å²) < 4.78 is 13.4. The lowest BCUT2D eigenvalue weighted by Crippen LogP contribution is -2.46. The predicted molar refractivity (Wildman–Crippen MR) is 154 cm³/mol. The molecule has 39 heavy (non-hydrogen) atoms. The van der Waals surface area contributed by atoms with Crippen molar-refractivity contribution in [2.24, 2.45) is 0 Å². The van der Waals surface area contributed by atoms with Gasteiger partial charge in [0.25, 0.3) is 0 Å². The first-order valence-electron chi connectivity index (χ1n) is 13.7. The van der Waals surface area contributed by atoms with E-state index in [0.717, 1.165) is 46.4 Å². The van der Waals surface area contributed by atoms with Gasteiger partial charge in [0.05, 0.1) is 43.8 Å². The van der Waals surface area contributed by atoms with Crippen LogP contribution in [0.2, 0.25) is 0 Å². The molecule has 3 aromatic rings. The van der Waals surface area contributed by atoms with E-state index in [9.17, 15) is 14.7 Å². The van der Waals surface area contributed by atoms with Crippen molar-refractivity contribution in [3.63, 3.8) is 0 Å². The Kier molecular flexibility index (Phi) is 8.05. The summed E-state index contributed by atoms with van der Waals surface area (Å²) in [6.45, 7) is 3.96. The number of carbonyl (C=O) groups is 2. The van der Waals surface area contributed by atoms with E-state index in [0.29, 0.717) is 50.9 Å². The van der Waals surface area contributed by atoms with Crippen LogP contribution in [-0.2, 0) is 16.1 Å². The molecule has 8 nitrogen and oxygen atoms in total. The molecule has 0 bridgehead atoms. The molecule has 0 unspecified atom stereocenters. The van der Waals surface area contributed by atoms with E-state index in [1.165, 1.54) is 24.8 Å². The molecule has 0 radical (unpaired) electrons. The SMILES string of the molecule is COc1ccc2c(c1)N(CC(=O)N1CCOCC1)CCn1c-2c(C2CCCCC2)c2ccc(C(=O)O)cc21.Cl. The van der Waals surface area contributed by atoms with E-state index in [1.807, 2.05) is 29.2 Å². The van der Waals surface area contributed by atoms with Gasteiger partial charge >= 0.3 is 5.97 Å². The molecule has 9 heteroatoms. The van der Waals surface area contributed by atoms with Crippen molar-refractivity contribution in [2.75, 3.05) is 51.4 Å². The minimum Gasteiger partial charge on any atom is -0.497 e. The molecule has 2 fully saturated rings. The Morgan fingerprint density at radius 2 is 1.77 bits per heavy atom. The number of fused-ring (bicyclic) bond motifs is 5. The fourth-order valence-electron chi connectivity index (χ4n) is 6.52. The zero-order valence-corrected chi connectivity index (χ0v) is 23.2. The van der Waals surface area contributed by atoms with Crippen LogP contribution in [0, 0.1) is 0 Å². The minimum absolute atomic E-state index is 0. The number of ether oxygens (including phenoxy) is 2. The molecule has 2 aromatic carbocycles. The highest BCUT2D eigenvalue weighted by Crippen LogP contribution is 2.48. The Morgan fingerprint density at radius 1 is 1.00 bits per heavy atom. The van der Waals surface area contributed by atoms with Crippen molar-refractivity contribution in [3.8, 4) is 17.0 Å². The number of rotatable bonds is 5. The number of aromatic carboxylic acids is 1. The first kappa shape index (κ1) is 27.3. The first-order valence-corrected chi connectivity index (χ1v) is 13.7. The van der Waals surface area contributed by atoms with Crippen LogP contribution >= 0.6 is 12.4 Å². The Morgan fingerprint density at radius 3 is 2.49 bits per heavy atom. The molecular weight excluding hydrogens is 518 g/mol. The summed E-state index contributed by atoms with van der Waals surface area (Å²) in [6, 6.07) is 11.7. The number of nitrogens with zero attached hydrogens (tertiary/aromatic N) is 3. The number of hydrogen-bond donors (Lipinski definition) is 1. The summed E-state index contributed by atoms with van der Waals surface area (Å²) in [5, 5.41) is 10.9. The largest absolute Gasteiger partial charge is 0.497 e. The van der Waals surface area contributed by atoms with E-state index in [4.69, 9.17) is 9.47 Å². The van der Waals surface area contributed by atoms with E-state index >= 15 is 0 Å². The van der Waals surface area contributed by atoms with Crippen LogP contribution in [0.25, 0.3) is 22.2 Å². The molecule has 1 saturated heterocycles. The topological polar surface area (TPSA) is 84.2 Å². The normalized spacial score (nSPS) is 17.7. The lowest BCUT2D eigenvalue weighted by atomic mass is 9.81. The molecule has 2 aliphatic heterocycles. The van der Waals surface area contributed by atoms with Crippen LogP contribution in [-0.4, -0.2) is 73.0 Å². The average molecular weight is 554 g/mol. The Hall–Kier alpha value is -3.23. The van der Waals surface area contributed by atoms with Gasteiger partial charge in [-0.1, -0.05) is 25.3 Å². The molecule has 0 atom stereocenters. The van der Waals surface area contributed by atoms with Gasteiger partial charge in [0.15, 0.2) is 0 Å². The standard InChI is InChI=1S/C30H35N3O5.ClH/c1-37-22-8-10-24-25(18-22)32(19-27(34)31-13-15-38-16-14-31)11-12-33-26-17-21(30(35)36)7-9-23(26)28(29(24)33)20-5-3-2-4-6-20;/h7-10,17-18,20H,2-6,11-16,19H2,1H3,(H,35,36);1H. The third-order valence-electron chi connectivity index (χ3n) is 8.45. The molecular formula is C30H36ClN3O5. The maximum atomic E-state index is 13.3. The van der Waals surface area contributed by atoms with Crippen molar-refractivity contribution >= 4 is 40.9 Å². The molecule has 1 saturated carbocycles. The van der Waals surface area contributed by atoms with Gasteiger partial charge in [-0.05, 0) is 48.6 Å². The summed E-state index contributed by atoms with van der Waals surface area (Å²) in [5.41, 5.74) is 5.81. The van der Waals surface area contributed by atoms with Gasteiger partial charge in [-0.3, -0.25) is 4.79 Å². The second-order valence-corrected chi connectivity index (χ2v) is 10.6. The van der Waals surface area contributed by atoms with Gasteiger partial charge in [-0.2, -0.15) is 0 Å². The summed E-state index contributed by atoms with van der Waals surface area (Å²) in [6.07, 6.45) is 5.95. The number of morpholine rings is 1. The molecule has 208 valence electrons. The van der Waals surface area contributed by atoms with Gasteiger partial charge in [-0.15, -0.1) is 12.4 Å². The highest BCUT2D eigenvalue weighted by molar-refractivity contribution is 6.00. The van der Waals surface area contributed by atoms with Crippen molar-refractivity contribution in [3.05, 3.63) is 47.5 Å². The Labute approximate surface area is 234 Å². The predicted octanol–water partition coefficient (Wildman–Crippen LogP) is 5.16. The molecule has 3 aliphatic rings. The van der Waals surface area contributed by atoms with Crippen molar-refractivity contribution in [1.29, 1.82) is 0 Å². The van der Waals surface area contributed by atoms with Crippen LogP contribution in [0.15, 0.2) is 36.4 Å². The van der Waals surface area contributed by atoms with E-state index in [1.54, 1.807) is 13.2 Å². The third-order valence-corrected chi connectivity index (χ3v) is 8.45. The fraction of sp³-hybridized carbons (Fsp3) is 0.467. The number of anilines is 1. The summed E-state index contributed by atoms with van der Waals surface area (Å²) >= 11 is 0. The fourth-order valence-corrected chi connectivity index (χ4v) is 6.52. The van der Waals surface area contributed by atoms with Gasteiger partial charge < -0.3 is 28.9 Å². The number of hydrogen-bond acceptors (Lipinski definition) is 5. The highest BCUT2D eigenvalue weighted by atomic mass is 35.5. The van der Waals surface area contributed by atoms with E-state index in [-0.39, 0.29) is 24.9 Å². The zero-order valence-electron chi connectivity index (χ0n) is 22.4. The molecule has 0 spiro atoms. The second kappa shape index (κ2) is 11.5. The van der Waals surface area contributed by atoms with Gasteiger partial charge in [-0.25, -0.2) is 4.79 Å². The van der Waals surface area contributed by atoms with Gasteiger partial charge in [0.1, 0.15) is 5.75 Å². The van der Waals surface area contributed by atoms with Crippen LogP contribution in [0.4, 0.5) is 5.69 Å². The summed E-state index contributed by atoms with van der Waals surface area (Å²) in [7, 11) is 1.67.